The van der Waals surface area contributed by atoms with E-state index < -0.39 is 12.2 Å². The van der Waals surface area contributed by atoms with Crippen molar-refractivity contribution in [2.45, 2.75) is 18.6 Å². The SMILES string of the molecule is COc1cc(Nc2cnc3ccc(NC(=S)NC4CC[NH+]([O-])CC4F)nc3n2)cc(OC)c1OC. The number of nitrogens with one attached hydrogen (secondary N) is 4. The highest BCUT2D eigenvalue weighted by atomic mass is 32.1. The number of quaternary nitrogens is 1. The highest BCUT2D eigenvalue weighted by molar-refractivity contribution is 7.80. The predicted octanol–water partition coefficient (Wildman–Crippen LogP) is 1.57. The van der Waals surface area contributed by atoms with Crippen molar-refractivity contribution in [3.63, 3.8) is 0 Å². The lowest BCUT2D eigenvalue weighted by Gasteiger charge is -2.34. The summed E-state index contributed by atoms with van der Waals surface area (Å²) < 4.78 is 30.3. The molecule has 35 heavy (non-hydrogen) atoms. The standard InChI is InChI=1S/C22H26FN7O4S/c1-32-16-8-12(9-17(33-2)20(16)34-3)25-19-10-24-15-4-5-18(27-21(15)28-19)29-22(35)26-14-6-7-30(31)11-13(14)23/h4-5,8-10,13-14,30H,6-7,11H2,1-3H3,(H3,25,26,27,28,29,35). The van der Waals surface area contributed by atoms with Crippen molar-refractivity contribution < 1.29 is 23.7 Å². The third kappa shape index (κ3) is 5.75. The van der Waals surface area contributed by atoms with E-state index >= 15 is 0 Å². The third-order valence-corrected chi connectivity index (χ3v) is 5.72. The van der Waals surface area contributed by atoms with Gasteiger partial charge in [0.2, 0.25) is 5.75 Å². The molecule has 4 rings (SSSR count). The lowest BCUT2D eigenvalue weighted by atomic mass is 10.1. The molecule has 11 nitrogen and oxygen atoms in total. The molecule has 1 saturated heterocycles. The number of ether oxygens (including phenoxy) is 3. The summed E-state index contributed by atoms with van der Waals surface area (Å²) in [5.74, 6) is 2.34. The topological polar surface area (TPSA) is 130 Å². The van der Waals surface area contributed by atoms with Crippen LogP contribution in [0.4, 0.5) is 21.7 Å². The molecule has 186 valence electrons. The Morgan fingerprint density at radius 2 is 1.83 bits per heavy atom. The van der Waals surface area contributed by atoms with Gasteiger partial charge >= 0.3 is 0 Å². The normalized spacial score (nSPS) is 19.6. The summed E-state index contributed by atoms with van der Waals surface area (Å²) in [4.78, 5) is 13.4. The van der Waals surface area contributed by atoms with Crippen LogP contribution < -0.4 is 35.2 Å². The van der Waals surface area contributed by atoms with Gasteiger partial charge in [-0.05, 0) is 24.4 Å². The van der Waals surface area contributed by atoms with Crippen LogP contribution in [0.5, 0.6) is 17.2 Å². The smallest absolute Gasteiger partial charge is 0.203 e. The van der Waals surface area contributed by atoms with E-state index in [1.165, 1.54) is 21.3 Å². The molecule has 0 saturated carbocycles. The Bertz CT molecular complexity index is 1190. The van der Waals surface area contributed by atoms with Crippen molar-refractivity contribution in [1.29, 1.82) is 0 Å². The Labute approximate surface area is 206 Å². The van der Waals surface area contributed by atoms with Crippen molar-refractivity contribution in [2.75, 3.05) is 45.1 Å². The molecule has 0 amide bonds. The number of thiocarbonyl (C=S) groups is 1. The van der Waals surface area contributed by atoms with Gasteiger partial charge in [0.15, 0.2) is 34.2 Å². The number of halogens is 1. The van der Waals surface area contributed by atoms with Crippen molar-refractivity contribution >= 4 is 45.8 Å². The maximum Gasteiger partial charge on any atom is 0.203 e. The van der Waals surface area contributed by atoms with Gasteiger partial charge in [-0.2, -0.15) is 0 Å². The molecule has 1 aliphatic rings. The summed E-state index contributed by atoms with van der Waals surface area (Å²) in [6.45, 7) is 0.248. The van der Waals surface area contributed by atoms with Crippen LogP contribution in [0.15, 0.2) is 30.5 Å². The number of piperidine rings is 1. The molecule has 3 unspecified atom stereocenters. The minimum atomic E-state index is -1.27. The Morgan fingerprint density at radius 1 is 1.11 bits per heavy atom. The summed E-state index contributed by atoms with van der Waals surface area (Å²) in [5.41, 5.74) is 1.61. The number of hydrogen-bond donors (Lipinski definition) is 4. The second kappa shape index (κ2) is 10.8. The number of benzene rings is 1. The second-order valence-corrected chi connectivity index (χ2v) is 8.24. The summed E-state index contributed by atoms with van der Waals surface area (Å²) in [7, 11) is 4.61. The first-order valence-corrected chi connectivity index (χ1v) is 11.2. The van der Waals surface area contributed by atoms with Crippen LogP contribution in [0.1, 0.15) is 6.42 Å². The summed E-state index contributed by atoms with van der Waals surface area (Å²) in [5, 5.41) is 20.6. The van der Waals surface area contributed by atoms with Crippen LogP contribution in [0.3, 0.4) is 0 Å². The number of anilines is 3. The molecule has 3 aromatic rings. The largest absolute Gasteiger partial charge is 0.634 e. The van der Waals surface area contributed by atoms with Crippen molar-refractivity contribution in [1.82, 2.24) is 20.3 Å². The average Bonchev–Trinajstić information content (AvgIpc) is 2.84. The molecule has 1 aliphatic heterocycles. The van der Waals surface area contributed by atoms with E-state index in [0.29, 0.717) is 58.7 Å². The molecule has 0 aliphatic carbocycles. The maximum absolute atomic E-state index is 14.1. The maximum atomic E-state index is 14.1. The molecular weight excluding hydrogens is 477 g/mol. The molecule has 13 heteroatoms. The molecule has 3 heterocycles. The fourth-order valence-electron chi connectivity index (χ4n) is 3.77. The van der Waals surface area contributed by atoms with Gasteiger partial charge in [0, 0.05) is 24.2 Å². The number of aromatic nitrogens is 3. The van der Waals surface area contributed by atoms with Gasteiger partial charge in [0.1, 0.15) is 17.9 Å². The number of methoxy groups -OCH3 is 3. The molecule has 1 fully saturated rings. The van der Waals surface area contributed by atoms with Crippen LogP contribution in [-0.2, 0) is 0 Å². The molecule has 0 bridgehead atoms. The fourth-order valence-corrected chi connectivity index (χ4v) is 4.03. The lowest BCUT2D eigenvalue weighted by molar-refractivity contribution is -0.856. The Morgan fingerprint density at radius 3 is 2.49 bits per heavy atom. The Kier molecular flexibility index (Phi) is 7.58. The van der Waals surface area contributed by atoms with E-state index in [9.17, 15) is 9.60 Å². The van der Waals surface area contributed by atoms with Crippen LogP contribution in [0, 0.1) is 5.21 Å². The predicted molar refractivity (Wildman–Crippen MR) is 133 cm³/mol. The summed E-state index contributed by atoms with van der Waals surface area (Å²) in [6, 6.07) is 6.44. The van der Waals surface area contributed by atoms with Crippen molar-refractivity contribution in [3.05, 3.63) is 35.7 Å². The van der Waals surface area contributed by atoms with E-state index in [4.69, 9.17) is 26.4 Å². The van der Waals surface area contributed by atoms with Crippen LogP contribution in [-0.4, -0.2) is 66.7 Å². The first-order valence-electron chi connectivity index (χ1n) is 10.8. The summed E-state index contributed by atoms with van der Waals surface area (Å²) in [6.07, 6.45) is 0.711. The van der Waals surface area contributed by atoms with Gasteiger partial charge in [-0.25, -0.2) is 19.3 Å². The molecule has 1 aromatic carbocycles. The van der Waals surface area contributed by atoms with Gasteiger partial charge in [-0.3, -0.25) is 0 Å². The van der Waals surface area contributed by atoms with Crippen LogP contribution in [0.2, 0.25) is 0 Å². The van der Waals surface area contributed by atoms with Crippen LogP contribution in [0.25, 0.3) is 11.2 Å². The monoisotopic (exact) mass is 503 g/mol. The molecule has 3 atom stereocenters. The van der Waals surface area contributed by atoms with E-state index in [1.54, 1.807) is 30.5 Å². The van der Waals surface area contributed by atoms with Gasteiger partial charge in [-0.1, -0.05) is 0 Å². The second-order valence-electron chi connectivity index (χ2n) is 7.84. The van der Waals surface area contributed by atoms with Gasteiger partial charge < -0.3 is 40.4 Å². The van der Waals surface area contributed by atoms with Gasteiger partial charge in [0.25, 0.3) is 0 Å². The van der Waals surface area contributed by atoms with Gasteiger partial charge in [-0.15, -0.1) is 0 Å². The number of hydrogen-bond acceptors (Lipinski definition) is 9. The van der Waals surface area contributed by atoms with E-state index in [1.807, 2.05) is 0 Å². The zero-order valence-corrected chi connectivity index (χ0v) is 20.2. The van der Waals surface area contributed by atoms with Gasteiger partial charge in [0.05, 0.1) is 40.1 Å². The number of rotatable bonds is 7. The van der Waals surface area contributed by atoms with Crippen molar-refractivity contribution in [2.24, 2.45) is 0 Å². The highest BCUT2D eigenvalue weighted by Gasteiger charge is 2.29. The lowest BCUT2D eigenvalue weighted by Crippen LogP contribution is -3.10. The number of hydroxylamine groups is 2. The molecule has 0 radical (unpaired) electrons. The molecular formula is C22H26FN7O4S. The van der Waals surface area contributed by atoms with Crippen molar-refractivity contribution in [3.8, 4) is 17.2 Å². The number of nitrogens with zero attached hydrogens (tertiary/aromatic N) is 3. The quantitative estimate of drug-likeness (QED) is 0.277. The highest BCUT2D eigenvalue weighted by Crippen LogP contribution is 2.40. The summed E-state index contributed by atoms with van der Waals surface area (Å²) >= 11 is 5.31. The minimum absolute atomic E-state index is 0.0693. The first kappa shape index (κ1) is 24.6. The number of fused-ring (bicyclic) bond motifs is 1. The fraction of sp³-hybridized carbons (Fsp3) is 0.364. The Balaban J connectivity index is 1.49. The Hall–Kier alpha value is -3.55. The first-order chi connectivity index (χ1) is 16.9. The van der Waals surface area contributed by atoms with E-state index in [0.717, 1.165) is 0 Å². The number of alkyl halides is 1. The molecule has 0 spiro atoms. The van der Waals surface area contributed by atoms with E-state index in [-0.39, 0.29) is 16.7 Å². The third-order valence-electron chi connectivity index (χ3n) is 5.50. The zero-order chi connectivity index (χ0) is 24.9. The average molecular weight is 504 g/mol. The number of pyridine rings is 1. The zero-order valence-electron chi connectivity index (χ0n) is 19.4. The molecule has 4 N–H and O–H groups in total. The van der Waals surface area contributed by atoms with E-state index in [2.05, 4.69) is 30.9 Å². The van der Waals surface area contributed by atoms with Crippen LogP contribution >= 0.6 is 12.2 Å². The molecule has 2 aromatic heterocycles. The minimum Gasteiger partial charge on any atom is -0.634 e.